The van der Waals surface area contributed by atoms with Gasteiger partial charge in [-0.25, -0.2) is 0 Å². The summed E-state index contributed by atoms with van der Waals surface area (Å²) in [4.78, 5) is 4.08. The van der Waals surface area contributed by atoms with Crippen molar-refractivity contribution in [2.24, 2.45) is 10.9 Å². The summed E-state index contributed by atoms with van der Waals surface area (Å²) in [6, 6.07) is 0. The summed E-state index contributed by atoms with van der Waals surface area (Å²) in [6.45, 7) is 1.06. The van der Waals surface area contributed by atoms with Crippen LogP contribution in [0.4, 0.5) is 0 Å². The van der Waals surface area contributed by atoms with Gasteiger partial charge in [-0.15, -0.1) is 0 Å². The first-order chi connectivity index (χ1) is 6.36. The summed E-state index contributed by atoms with van der Waals surface area (Å²) in [5, 5.41) is 6.34. The second-order valence-electron chi connectivity index (χ2n) is 3.26. The van der Waals surface area contributed by atoms with Gasteiger partial charge in [0.15, 0.2) is 5.96 Å². The van der Waals surface area contributed by atoms with Crippen LogP contribution in [0.15, 0.2) is 4.99 Å². The van der Waals surface area contributed by atoms with Crippen LogP contribution in [-0.4, -0.2) is 38.1 Å². The summed E-state index contributed by atoms with van der Waals surface area (Å²) < 4.78 is 0. The molecule has 76 valence electrons. The zero-order chi connectivity index (χ0) is 9.52. The third-order valence-corrected chi connectivity index (χ3v) is 3.41. The number of hydrogen-bond acceptors (Lipinski definition) is 2. The van der Waals surface area contributed by atoms with E-state index in [2.05, 4.69) is 27.4 Å². The molecule has 0 aliphatic carbocycles. The van der Waals surface area contributed by atoms with E-state index in [1.54, 1.807) is 7.05 Å². The second-order valence-corrected chi connectivity index (χ2v) is 4.48. The van der Waals surface area contributed by atoms with E-state index in [9.17, 15) is 0 Å². The molecule has 0 bridgehead atoms. The maximum atomic E-state index is 4.08. The Balaban J connectivity index is 2.16. The summed E-state index contributed by atoms with van der Waals surface area (Å²) in [5.74, 6) is 4.39. The number of hydrogen-bond donors (Lipinski definition) is 2. The summed E-state index contributed by atoms with van der Waals surface area (Å²) in [7, 11) is 3.70. The second kappa shape index (κ2) is 6.13. The maximum absolute atomic E-state index is 4.08. The highest BCUT2D eigenvalue weighted by Crippen LogP contribution is 2.21. The van der Waals surface area contributed by atoms with Crippen molar-refractivity contribution in [3.63, 3.8) is 0 Å². The molecule has 0 aromatic heterocycles. The van der Waals surface area contributed by atoms with Gasteiger partial charge in [-0.05, 0) is 30.3 Å². The van der Waals surface area contributed by atoms with Crippen molar-refractivity contribution in [3.05, 3.63) is 0 Å². The number of guanidine groups is 1. The van der Waals surface area contributed by atoms with E-state index < -0.39 is 0 Å². The van der Waals surface area contributed by atoms with E-state index in [1.807, 2.05) is 7.05 Å². The van der Waals surface area contributed by atoms with Gasteiger partial charge in [0.1, 0.15) is 0 Å². The molecule has 1 fully saturated rings. The van der Waals surface area contributed by atoms with Gasteiger partial charge in [0.25, 0.3) is 0 Å². The van der Waals surface area contributed by atoms with Gasteiger partial charge in [0.2, 0.25) is 0 Å². The van der Waals surface area contributed by atoms with E-state index >= 15 is 0 Å². The molecule has 1 aliphatic rings. The molecule has 1 saturated heterocycles. The lowest BCUT2D eigenvalue weighted by atomic mass is 10.0. The first kappa shape index (κ1) is 10.7. The molecule has 0 spiro atoms. The van der Waals surface area contributed by atoms with Crippen molar-refractivity contribution < 1.29 is 0 Å². The third kappa shape index (κ3) is 3.89. The summed E-state index contributed by atoms with van der Waals surface area (Å²) in [6.07, 6.45) is 2.69. The Hall–Kier alpha value is -0.380. The lowest BCUT2D eigenvalue weighted by molar-refractivity contribution is 0.480. The fourth-order valence-corrected chi connectivity index (χ4v) is 2.67. The smallest absolute Gasteiger partial charge is 0.190 e. The Morgan fingerprint density at radius 2 is 2.15 bits per heavy atom. The quantitative estimate of drug-likeness (QED) is 0.515. The topological polar surface area (TPSA) is 36.4 Å². The van der Waals surface area contributed by atoms with Crippen LogP contribution in [0.2, 0.25) is 0 Å². The first-order valence-electron chi connectivity index (χ1n) is 4.83. The summed E-state index contributed by atoms with van der Waals surface area (Å²) in [5.41, 5.74) is 0. The van der Waals surface area contributed by atoms with Crippen LogP contribution in [-0.2, 0) is 0 Å². The van der Waals surface area contributed by atoms with Crippen LogP contribution in [0.1, 0.15) is 12.8 Å². The van der Waals surface area contributed by atoms with E-state index in [0.29, 0.717) is 0 Å². The molecule has 3 nitrogen and oxygen atoms in total. The van der Waals surface area contributed by atoms with Gasteiger partial charge >= 0.3 is 0 Å². The van der Waals surface area contributed by atoms with Gasteiger partial charge in [0.05, 0.1) is 0 Å². The number of rotatable bonds is 2. The molecule has 0 saturated carbocycles. The van der Waals surface area contributed by atoms with Crippen molar-refractivity contribution in [2.45, 2.75) is 12.8 Å². The highest BCUT2D eigenvalue weighted by atomic mass is 32.2. The van der Waals surface area contributed by atoms with Gasteiger partial charge < -0.3 is 10.6 Å². The molecule has 0 radical (unpaired) electrons. The molecule has 1 aliphatic heterocycles. The van der Waals surface area contributed by atoms with Crippen molar-refractivity contribution in [2.75, 3.05) is 32.1 Å². The zero-order valence-electron chi connectivity index (χ0n) is 8.47. The number of nitrogens with one attached hydrogen (secondary N) is 2. The molecule has 0 aromatic carbocycles. The average molecular weight is 201 g/mol. The largest absolute Gasteiger partial charge is 0.359 e. The van der Waals surface area contributed by atoms with Crippen LogP contribution in [0.25, 0.3) is 0 Å². The highest BCUT2D eigenvalue weighted by molar-refractivity contribution is 7.99. The molecule has 2 N–H and O–H groups in total. The lowest BCUT2D eigenvalue weighted by Gasteiger charge is -2.22. The van der Waals surface area contributed by atoms with Crippen LogP contribution >= 0.6 is 11.8 Å². The minimum atomic E-state index is 0.839. The van der Waals surface area contributed by atoms with Crippen LogP contribution in [0.5, 0.6) is 0 Å². The Labute approximate surface area is 84.8 Å². The maximum Gasteiger partial charge on any atom is 0.190 e. The molecule has 0 aromatic rings. The molecule has 0 unspecified atom stereocenters. The van der Waals surface area contributed by atoms with Crippen molar-refractivity contribution in [1.82, 2.24) is 10.6 Å². The van der Waals surface area contributed by atoms with Gasteiger partial charge in [0, 0.05) is 20.6 Å². The molecule has 13 heavy (non-hydrogen) atoms. The van der Waals surface area contributed by atoms with Crippen LogP contribution < -0.4 is 10.6 Å². The van der Waals surface area contributed by atoms with E-state index in [0.717, 1.165) is 18.4 Å². The molecule has 0 atom stereocenters. The molecular weight excluding hydrogens is 182 g/mol. The first-order valence-corrected chi connectivity index (χ1v) is 5.98. The molecule has 1 rings (SSSR count). The van der Waals surface area contributed by atoms with E-state index in [-0.39, 0.29) is 0 Å². The van der Waals surface area contributed by atoms with Gasteiger partial charge in [-0.2, -0.15) is 11.8 Å². The number of nitrogens with zero attached hydrogens (tertiary/aromatic N) is 1. The predicted octanol–water partition coefficient (Wildman–Crippen LogP) is 0.924. The fraction of sp³-hybridized carbons (Fsp3) is 0.889. The predicted molar refractivity (Wildman–Crippen MR) is 60.5 cm³/mol. The Bertz CT molecular complexity index is 164. The molecular formula is C9H19N3S. The number of aliphatic imine (C=N–C) groups is 1. The van der Waals surface area contributed by atoms with Crippen molar-refractivity contribution in [3.8, 4) is 0 Å². The normalized spacial score (nSPS) is 20.0. The average Bonchev–Trinajstić information content (AvgIpc) is 2.21. The Morgan fingerprint density at radius 1 is 1.46 bits per heavy atom. The van der Waals surface area contributed by atoms with Crippen molar-refractivity contribution in [1.29, 1.82) is 0 Å². The Morgan fingerprint density at radius 3 is 2.69 bits per heavy atom. The van der Waals surface area contributed by atoms with Crippen LogP contribution in [0, 0.1) is 5.92 Å². The highest BCUT2D eigenvalue weighted by Gasteiger charge is 2.13. The fourth-order valence-electron chi connectivity index (χ4n) is 1.47. The summed E-state index contributed by atoms with van der Waals surface area (Å²) >= 11 is 2.07. The Kier molecular flexibility index (Phi) is 5.05. The van der Waals surface area contributed by atoms with Crippen LogP contribution in [0.3, 0.4) is 0 Å². The minimum Gasteiger partial charge on any atom is -0.359 e. The zero-order valence-corrected chi connectivity index (χ0v) is 9.28. The van der Waals surface area contributed by atoms with Crippen molar-refractivity contribution >= 4 is 17.7 Å². The minimum absolute atomic E-state index is 0.839. The van der Waals surface area contributed by atoms with Gasteiger partial charge in [-0.1, -0.05) is 0 Å². The molecule has 4 heteroatoms. The lowest BCUT2D eigenvalue weighted by Crippen LogP contribution is -2.38. The third-order valence-electron chi connectivity index (χ3n) is 2.36. The monoisotopic (exact) mass is 201 g/mol. The molecule has 0 amide bonds. The standard InChI is InChI=1S/C9H19N3S/c1-10-9(11-2)12-7-8-3-5-13-6-4-8/h8H,3-7H2,1-2H3,(H2,10,11,12). The SMILES string of the molecule is CN=C(NC)NCC1CCSCC1. The van der Waals surface area contributed by atoms with Gasteiger partial charge in [-0.3, -0.25) is 4.99 Å². The van der Waals surface area contributed by atoms with E-state index in [1.165, 1.54) is 24.3 Å². The molecule has 1 heterocycles. The number of thioether (sulfide) groups is 1. The van der Waals surface area contributed by atoms with E-state index in [4.69, 9.17) is 0 Å².